The highest BCUT2D eigenvalue weighted by atomic mass is 15.2. The minimum atomic E-state index is 0.557. The van der Waals surface area contributed by atoms with Crippen LogP contribution < -0.4 is 0 Å². The van der Waals surface area contributed by atoms with Crippen LogP contribution in [0.15, 0.2) is 36.5 Å². The van der Waals surface area contributed by atoms with E-state index in [0.717, 1.165) is 18.3 Å². The smallest absolute Gasteiger partial charge is 0.140 e. The number of aryl methyl sites for hydroxylation is 1. The fourth-order valence-corrected chi connectivity index (χ4v) is 3.81. The van der Waals surface area contributed by atoms with Crippen molar-refractivity contribution in [1.82, 2.24) is 14.5 Å². The number of rotatable bonds is 6. The summed E-state index contributed by atoms with van der Waals surface area (Å²) in [5, 5.41) is 0. The molecule has 1 saturated heterocycles. The summed E-state index contributed by atoms with van der Waals surface area (Å²) >= 11 is 0. The third-order valence-electron chi connectivity index (χ3n) is 5.30. The van der Waals surface area contributed by atoms with E-state index in [2.05, 4.69) is 60.6 Å². The van der Waals surface area contributed by atoms with E-state index in [4.69, 9.17) is 4.98 Å². The first-order chi connectivity index (χ1) is 11.2. The van der Waals surface area contributed by atoms with E-state index in [1.165, 1.54) is 43.6 Å². The quantitative estimate of drug-likeness (QED) is 0.781. The molecule has 1 unspecified atom stereocenters. The Morgan fingerprint density at radius 1 is 1.17 bits per heavy atom. The molecule has 2 heterocycles. The maximum Gasteiger partial charge on any atom is 0.140 e. The van der Waals surface area contributed by atoms with E-state index in [1.54, 1.807) is 0 Å². The van der Waals surface area contributed by atoms with Gasteiger partial charge in [-0.25, -0.2) is 4.98 Å². The zero-order chi connectivity index (χ0) is 16.2. The van der Waals surface area contributed by atoms with E-state index in [1.807, 2.05) is 6.20 Å². The van der Waals surface area contributed by atoms with Gasteiger partial charge in [0.2, 0.25) is 0 Å². The third-order valence-corrected chi connectivity index (χ3v) is 5.30. The van der Waals surface area contributed by atoms with Crippen molar-refractivity contribution in [2.75, 3.05) is 19.6 Å². The molecule has 0 aliphatic carbocycles. The number of hydrogen-bond donors (Lipinski definition) is 0. The van der Waals surface area contributed by atoms with Gasteiger partial charge in [0.05, 0.1) is 0 Å². The molecule has 2 aromatic rings. The van der Waals surface area contributed by atoms with Gasteiger partial charge in [0.25, 0.3) is 0 Å². The summed E-state index contributed by atoms with van der Waals surface area (Å²) in [6, 6.07) is 11.1. The fraction of sp³-hybridized carbons (Fsp3) is 0.550. The molecule has 23 heavy (non-hydrogen) atoms. The lowest BCUT2D eigenvalue weighted by atomic mass is 10.0. The average Bonchev–Trinajstić information content (AvgIpc) is 3.19. The Morgan fingerprint density at radius 3 is 2.61 bits per heavy atom. The number of nitrogens with zero attached hydrogens (tertiary/aromatic N) is 3. The van der Waals surface area contributed by atoms with Crippen LogP contribution in [0.4, 0.5) is 0 Å². The maximum atomic E-state index is 4.69. The van der Waals surface area contributed by atoms with Gasteiger partial charge >= 0.3 is 0 Å². The van der Waals surface area contributed by atoms with Crippen LogP contribution in [0.25, 0.3) is 11.4 Å². The zero-order valence-corrected chi connectivity index (χ0v) is 14.7. The van der Waals surface area contributed by atoms with E-state index in [9.17, 15) is 0 Å². The lowest BCUT2D eigenvalue weighted by Gasteiger charge is -2.23. The van der Waals surface area contributed by atoms with Crippen LogP contribution in [0, 0.1) is 12.8 Å². The predicted octanol–water partition coefficient (Wildman–Crippen LogP) is 4.54. The highest BCUT2D eigenvalue weighted by Gasteiger charge is 2.27. The van der Waals surface area contributed by atoms with Gasteiger partial charge < -0.3 is 9.47 Å². The Labute approximate surface area is 140 Å². The summed E-state index contributed by atoms with van der Waals surface area (Å²) in [4.78, 5) is 7.34. The van der Waals surface area contributed by atoms with Crippen molar-refractivity contribution in [3.05, 3.63) is 42.2 Å². The normalized spacial score (nSPS) is 18.9. The molecule has 0 bridgehead atoms. The number of likely N-dealkylation sites (tertiary alicyclic amines) is 1. The van der Waals surface area contributed by atoms with E-state index in [-0.39, 0.29) is 0 Å². The molecule has 0 radical (unpaired) electrons. The molecule has 1 aromatic carbocycles. The van der Waals surface area contributed by atoms with Gasteiger partial charge in [-0.15, -0.1) is 0 Å². The summed E-state index contributed by atoms with van der Waals surface area (Å²) in [6.07, 6.45) is 5.83. The molecule has 3 nitrogen and oxygen atoms in total. The van der Waals surface area contributed by atoms with Crippen molar-refractivity contribution in [3.8, 4) is 11.4 Å². The predicted molar refractivity (Wildman–Crippen MR) is 96.6 cm³/mol. The van der Waals surface area contributed by atoms with Crippen LogP contribution in [-0.4, -0.2) is 34.1 Å². The van der Waals surface area contributed by atoms with Crippen molar-refractivity contribution in [3.63, 3.8) is 0 Å². The van der Waals surface area contributed by atoms with Crippen molar-refractivity contribution < 1.29 is 0 Å². The van der Waals surface area contributed by atoms with Gasteiger partial charge in [-0.3, -0.25) is 0 Å². The topological polar surface area (TPSA) is 21.1 Å². The largest absolute Gasteiger partial charge is 0.324 e. The van der Waals surface area contributed by atoms with Crippen molar-refractivity contribution in [2.24, 2.45) is 5.92 Å². The Morgan fingerprint density at radius 2 is 1.91 bits per heavy atom. The number of imidazole rings is 1. The summed E-state index contributed by atoms with van der Waals surface area (Å²) in [5.41, 5.74) is 2.50. The van der Waals surface area contributed by atoms with Crippen LogP contribution in [0.1, 0.15) is 44.8 Å². The summed E-state index contributed by atoms with van der Waals surface area (Å²) in [7, 11) is 0. The molecule has 0 amide bonds. The van der Waals surface area contributed by atoms with Crippen LogP contribution in [-0.2, 0) is 0 Å². The van der Waals surface area contributed by atoms with Gasteiger partial charge in [-0.1, -0.05) is 57.0 Å². The molecule has 0 N–H and O–H groups in total. The second kappa shape index (κ2) is 7.31. The Bertz CT molecular complexity index is 613. The lowest BCUT2D eigenvalue weighted by molar-refractivity contribution is 0.260. The second-order valence-electron chi connectivity index (χ2n) is 6.84. The van der Waals surface area contributed by atoms with Gasteiger partial charge in [0.15, 0.2) is 0 Å². The van der Waals surface area contributed by atoms with E-state index >= 15 is 0 Å². The fourth-order valence-electron chi connectivity index (χ4n) is 3.81. The second-order valence-corrected chi connectivity index (χ2v) is 6.84. The summed E-state index contributed by atoms with van der Waals surface area (Å²) in [5.74, 6) is 1.96. The molecule has 3 heteroatoms. The first-order valence-electron chi connectivity index (χ1n) is 9.04. The monoisotopic (exact) mass is 311 g/mol. The molecule has 124 valence electrons. The molecule has 0 saturated carbocycles. The molecule has 3 rings (SSSR count). The minimum absolute atomic E-state index is 0.557. The maximum absolute atomic E-state index is 4.69. The van der Waals surface area contributed by atoms with Crippen LogP contribution in [0.2, 0.25) is 0 Å². The summed E-state index contributed by atoms with van der Waals surface area (Å²) in [6.45, 7) is 10.4. The molecule has 1 fully saturated rings. The molecule has 1 aliphatic heterocycles. The Kier molecular flexibility index (Phi) is 5.16. The molecule has 1 aliphatic rings. The highest BCUT2D eigenvalue weighted by molar-refractivity contribution is 5.56. The average molecular weight is 311 g/mol. The molecule has 1 atom stereocenters. The number of aromatic nitrogens is 2. The first kappa shape index (κ1) is 16.3. The third kappa shape index (κ3) is 3.50. The zero-order valence-electron chi connectivity index (χ0n) is 14.7. The minimum Gasteiger partial charge on any atom is -0.324 e. The standard InChI is InChI=1S/C20H29N3/c1-4-17(5-2)14-22-12-11-19(15-22)23-16(3)13-21-20(23)18-9-7-6-8-10-18/h6-10,13,17,19H,4-5,11-12,14-15H2,1-3H3. The number of benzene rings is 1. The van der Waals surface area contributed by atoms with E-state index < -0.39 is 0 Å². The van der Waals surface area contributed by atoms with Crippen molar-refractivity contribution >= 4 is 0 Å². The Balaban J connectivity index is 1.77. The van der Waals surface area contributed by atoms with Gasteiger partial charge in [-0.05, 0) is 19.3 Å². The van der Waals surface area contributed by atoms with Gasteiger partial charge in [0.1, 0.15) is 5.82 Å². The van der Waals surface area contributed by atoms with Crippen LogP contribution in [0.3, 0.4) is 0 Å². The lowest BCUT2D eigenvalue weighted by Crippen LogP contribution is -2.27. The van der Waals surface area contributed by atoms with Gasteiger partial charge in [0, 0.05) is 43.1 Å². The highest BCUT2D eigenvalue weighted by Crippen LogP contribution is 2.30. The van der Waals surface area contributed by atoms with Crippen molar-refractivity contribution in [1.29, 1.82) is 0 Å². The van der Waals surface area contributed by atoms with E-state index in [0.29, 0.717) is 6.04 Å². The molecule has 1 aromatic heterocycles. The van der Waals surface area contributed by atoms with Crippen molar-refractivity contribution in [2.45, 2.75) is 46.1 Å². The van der Waals surface area contributed by atoms with Crippen LogP contribution >= 0.6 is 0 Å². The summed E-state index contributed by atoms with van der Waals surface area (Å²) < 4.78 is 2.46. The van der Waals surface area contributed by atoms with Gasteiger partial charge in [-0.2, -0.15) is 0 Å². The molecule has 0 spiro atoms. The SMILES string of the molecule is CCC(CC)CN1CCC(n2c(C)cnc2-c2ccccc2)C1. The van der Waals surface area contributed by atoms with Crippen LogP contribution in [0.5, 0.6) is 0 Å². The first-order valence-corrected chi connectivity index (χ1v) is 9.04. The molecular weight excluding hydrogens is 282 g/mol. The molecular formula is C20H29N3. The number of hydrogen-bond acceptors (Lipinski definition) is 2. The Hall–Kier alpha value is -1.61.